The number of anilines is 1. The smallest absolute Gasteiger partial charge is 0.352 e. The van der Waals surface area contributed by atoms with Crippen LogP contribution in [0.2, 0.25) is 0 Å². The summed E-state index contributed by atoms with van der Waals surface area (Å²) in [6, 6.07) is -1.04. The molecule has 2 atom stereocenters. The minimum absolute atomic E-state index is 0.0928. The lowest BCUT2D eigenvalue weighted by Gasteiger charge is -2.49. The number of thioether (sulfide) groups is 2. The molecule has 4 N–H and O–H groups in total. The number of unbranched alkanes of at least 4 members (excludes halogenated alkanes) is 3. The van der Waals surface area contributed by atoms with E-state index in [9.17, 15) is 29.1 Å². The number of amides is 3. The highest BCUT2D eigenvalue weighted by molar-refractivity contribution is 8.01. The Kier molecular flexibility index (Phi) is 11.1. The van der Waals surface area contributed by atoms with Gasteiger partial charge < -0.3 is 25.7 Å². The van der Waals surface area contributed by atoms with Gasteiger partial charge in [0.05, 0.1) is 0 Å². The summed E-state index contributed by atoms with van der Waals surface area (Å²) in [6.45, 7) is 1.88. The van der Waals surface area contributed by atoms with Gasteiger partial charge in [-0.2, -0.15) is 0 Å². The van der Waals surface area contributed by atoms with Crippen molar-refractivity contribution in [2.75, 3.05) is 23.4 Å². The molecule has 2 aromatic heterocycles. The van der Waals surface area contributed by atoms with E-state index in [1.54, 1.807) is 0 Å². The van der Waals surface area contributed by atoms with Crippen LogP contribution in [0.1, 0.15) is 38.3 Å². The van der Waals surface area contributed by atoms with Crippen LogP contribution in [-0.4, -0.2) is 106 Å². The van der Waals surface area contributed by atoms with E-state index < -0.39 is 41.7 Å². The molecule has 17 nitrogen and oxygen atoms in total. The third-order valence-electron chi connectivity index (χ3n) is 6.09. The maximum atomic E-state index is 13.3. The zero-order valence-electron chi connectivity index (χ0n) is 22.7. The first-order valence-corrected chi connectivity index (χ1v) is 15.8. The fourth-order valence-electron chi connectivity index (χ4n) is 4.09. The number of carboxylic acid groups (broad SMARTS) is 2. The summed E-state index contributed by atoms with van der Waals surface area (Å²) in [5, 5.41) is 40.1. The van der Waals surface area contributed by atoms with Crippen molar-refractivity contribution >= 4 is 75.9 Å². The number of tetrazole rings is 1. The number of hydrogen-bond donors (Lipinski definition) is 4. The summed E-state index contributed by atoms with van der Waals surface area (Å²) >= 11 is 3.38. The Labute approximate surface area is 256 Å². The topological polar surface area (TPSA) is 231 Å². The molecule has 0 radical (unpaired) electrons. The van der Waals surface area contributed by atoms with Crippen LogP contribution < -0.4 is 10.6 Å². The van der Waals surface area contributed by atoms with Crippen LogP contribution in [0.3, 0.4) is 0 Å². The molecule has 3 amide bonds. The maximum absolute atomic E-state index is 13.3. The van der Waals surface area contributed by atoms with E-state index in [0.717, 1.165) is 58.4 Å². The molecule has 1 unspecified atom stereocenters. The van der Waals surface area contributed by atoms with Crippen LogP contribution in [0.4, 0.5) is 5.13 Å². The van der Waals surface area contributed by atoms with Crippen LogP contribution in [0.15, 0.2) is 27.0 Å². The van der Waals surface area contributed by atoms with Crippen molar-refractivity contribution in [2.45, 2.75) is 55.7 Å². The van der Waals surface area contributed by atoms with Gasteiger partial charge in [-0.1, -0.05) is 36.7 Å². The second kappa shape index (κ2) is 14.9. The second-order valence-electron chi connectivity index (χ2n) is 9.05. The Hall–Kier alpha value is -4.04. The Morgan fingerprint density at radius 2 is 2.09 bits per heavy atom. The molecule has 0 bridgehead atoms. The SMILES string of the molecule is CCCCCCO/N=C(\C(=O)NC1C(=O)N2C(C(=O)O)=C(CSc3nnnn3CC(=O)O)CS[C@H]12)c1csc(NC=O)n1. The Morgan fingerprint density at radius 1 is 1.28 bits per heavy atom. The number of oxime groups is 1. The van der Waals surface area contributed by atoms with E-state index in [1.807, 2.05) is 0 Å². The normalized spacial score (nSPS) is 18.1. The van der Waals surface area contributed by atoms with Crippen molar-refractivity contribution in [1.82, 2.24) is 35.4 Å². The summed E-state index contributed by atoms with van der Waals surface area (Å²) in [5.41, 5.74) is 0.148. The van der Waals surface area contributed by atoms with E-state index in [0.29, 0.717) is 12.0 Å². The maximum Gasteiger partial charge on any atom is 0.352 e. The molecule has 0 spiro atoms. The lowest BCUT2D eigenvalue weighted by atomic mass is 10.0. The largest absolute Gasteiger partial charge is 0.480 e. The Morgan fingerprint density at radius 3 is 2.81 bits per heavy atom. The first-order chi connectivity index (χ1) is 20.7. The van der Waals surface area contributed by atoms with Gasteiger partial charge in [-0.05, 0) is 28.8 Å². The van der Waals surface area contributed by atoms with Gasteiger partial charge in [-0.15, -0.1) is 28.2 Å². The molecular formula is C23H27N9O8S3. The molecule has 2 aromatic rings. The molecule has 4 rings (SSSR count). The van der Waals surface area contributed by atoms with Crippen LogP contribution in [0, 0.1) is 0 Å². The number of aromatic nitrogens is 5. The summed E-state index contributed by atoms with van der Waals surface area (Å²) < 4.78 is 1.07. The number of nitrogens with zero attached hydrogens (tertiary/aromatic N) is 7. The van der Waals surface area contributed by atoms with E-state index in [-0.39, 0.29) is 45.5 Å². The molecule has 0 saturated carbocycles. The van der Waals surface area contributed by atoms with Gasteiger partial charge in [0.2, 0.25) is 11.6 Å². The summed E-state index contributed by atoms with van der Waals surface area (Å²) in [7, 11) is 0. The molecule has 1 fully saturated rings. The quantitative estimate of drug-likeness (QED) is 0.0458. The second-order valence-corrected chi connectivity index (χ2v) is 12.0. The lowest BCUT2D eigenvalue weighted by molar-refractivity contribution is -0.150. The Bertz CT molecular complexity index is 1440. The molecule has 230 valence electrons. The van der Waals surface area contributed by atoms with Crippen molar-refractivity contribution in [3.05, 3.63) is 22.3 Å². The number of aliphatic carboxylic acids is 2. The monoisotopic (exact) mass is 653 g/mol. The molecule has 4 heterocycles. The third-order valence-corrected chi connectivity index (χ3v) is 9.24. The molecule has 0 aliphatic carbocycles. The first-order valence-electron chi connectivity index (χ1n) is 12.9. The molecule has 43 heavy (non-hydrogen) atoms. The standard InChI is InChI=1S/C23H27N9O8S3/c1-2-3-4-5-6-40-28-15(13-10-42-22(25-13)24-11-33)18(36)26-16-19(37)32-17(21(38)39)12(8-41-20(16)32)9-43-23-27-29-30-31(23)7-14(34)35/h10-11,16,20H,2-9H2,1H3,(H,26,36)(H,34,35)(H,38,39)(H,24,25,33)/b28-15-/t16?,20-/m1/s1. The zero-order chi connectivity index (χ0) is 30.9. The number of carboxylic acids is 2. The van der Waals surface area contributed by atoms with Crippen molar-refractivity contribution in [1.29, 1.82) is 0 Å². The highest BCUT2D eigenvalue weighted by atomic mass is 32.2. The van der Waals surface area contributed by atoms with Crippen molar-refractivity contribution < 1.29 is 39.0 Å². The fraction of sp³-hybridized carbons (Fsp3) is 0.478. The molecule has 1 saturated heterocycles. The minimum Gasteiger partial charge on any atom is -0.480 e. The van der Waals surface area contributed by atoms with Crippen LogP contribution in [-0.2, 0) is 35.4 Å². The molecule has 2 aliphatic rings. The van der Waals surface area contributed by atoms with Gasteiger partial charge in [0.25, 0.3) is 11.8 Å². The van der Waals surface area contributed by atoms with Gasteiger partial charge in [0.1, 0.15) is 36.0 Å². The van der Waals surface area contributed by atoms with E-state index >= 15 is 0 Å². The molecule has 2 aliphatic heterocycles. The van der Waals surface area contributed by atoms with E-state index in [4.69, 9.17) is 9.94 Å². The average Bonchev–Trinajstić information content (AvgIpc) is 3.62. The van der Waals surface area contributed by atoms with Gasteiger partial charge in [0, 0.05) is 16.9 Å². The van der Waals surface area contributed by atoms with Gasteiger partial charge in [0.15, 0.2) is 10.8 Å². The zero-order valence-corrected chi connectivity index (χ0v) is 25.1. The van der Waals surface area contributed by atoms with Crippen molar-refractivity contribution in [3.8, 4) is 0 Å². The van der Waals surface area contributed by atoms with Crippen LogP contribution in [0.25, 0.3) is 0 Å². The molecule has 0 aromatic carbocycles. The number of rotatable bonds is 17. The number of nitrogens with one attached hydrogen (secondary N) is 2. The predicted octanol–water partition coefficient (Wildman–Crippen LogP) is 0.614. The fourth-order valence-corrected chi connectivity index (χ4v) is 7.11. The molecule has 20 heteroatoms. The van der Waals surface area contributed by atoms with Gasteiger partial charge >= 0.3 is 11.9 Å². The van der Waals surface area contributed by atoms with Gasteiger partial charge in [-0.3, -0.25) is 24.1 Å². The van der Waals surface area contributed by atoms with Crippen LogP contribution in [0.5, 0.6) is 0 Å². The van der Waals surface area contributed by atoms with Crippen molar-refractivity contribution in [2.24, 2.45) is 5.16 Å². The number of fused-ring (bicyclic) bond motifs is 1. The van der Waals surface area contributed by atoms with Crippen LogP contribution >= 0.6 is 34.9 Å². The van der Waals surface area contributed by atoms with Crippen molar-refractivity contribution in [3.63, 3.8) is 0 Å². The van der Waals surface area contributed by atoms with E-state index in [1.165, 1.54) is 17.1 Å². The first kappa shape index (κ1) is 31.9. The summed E-state index contributed by atoms with van der Waals surface area (Å²) in [5.74, 6) is -3.51. The number of thiazole rings is 1. The van der Waals surface area contributed by atoms with Gasteiger partial charge in [-0.25, -0.2) is 14.5 Å². The summed E-state index contributed by atoms with van der Waals surface area (Å²) in [6.07, 6.45) is 4.19. The number of hydrogen-bond acceptors (Lipinski definition) is 14. The third kappa shape index (κ3) is 7.68. The highest BCUT2D eigenvalue weighted by Crippen LogP contribution is 2.41. The Balaban J connectivity index is 1.46. The predicted molar refractivity (Wildman–Crippen MR) is 154 cm³/mol. The summed E-state index contributed by atoms with van der Waals surface area (Å²) in [4.78, 5) is 71.2. The number of carbonyl (C=O) groups is 5. The number of carbonyl (C=O) groups excluding carboxylic acids is 3. The van der Waals surface area contributed by atoms with E-state index in [2.05, 4.69) is 43.2 Å². The highest BCUT2D eigenvalue weighted by Gasteiger charge is 2.54. The average molecular weight is 654 g/mol. The lowest BCUT2D eigenvalue weighted by Crippen LogP contribution is -2.71. The number of β-lactam (4-membered cyclic amide) rings is 1. The molecular weight excluding hydrogens is 627 g/mol. The minimum atomic E-state index is -1.32.